The first kappa shape index (κ1) is 17.2. The molecule has 0 bridgehead atoms. The molecule has 1 rings (SSSR count). The van der Waals surface area contributed by atoms with E-state index in [0.717, 1.165) is 5.56 Å². The molecule has 116 valence electrons. The summed E-state index contributed by atoms with van der Waals surface area (Å²) in [7, 11) is 0. The highest BCUT2D eigenvalue weighted by atomic mass is 16.5. The van der Waals surface area contributed by atoms with E-state index in [1.807, 2.05) is 39.8 Å². The number of hydrogen-bond acceptors (Lipinski definition) is 3. The van der Waals surface area contributed by atoms with Crippen molar-refractivity contribution in [2.75, 3.05) is 0 Å². The highest BCUT2D eigenvalue weighted by Crippen LogP contribution is 2.07. The summed E-state index contributed by atoms with van der Waals surface area (Å²) in [6, 6.07) is 7.78. The van der Waals surface area contributed by atoms with Crippen molar-refractivity contribution < 1.29 is 9.53 Å². The quantitative estimate of drug-likeness (QED) is 0.681. The molecule has 1 atom stereocenters. The molecular formula is C17H26N2O2. The number of amidine groups is 1. The van der Waals surface area contributed by atoms with E-state index < -0.39 is 0 Å². The fraction of sp³-hybridized carbons (Fsp3) is 0.529. The zero-order chi connectivity index (χ0) is 16.0. The number of carbonyl (C=O) groups is 1. The number of hydrogen-bond donors (Lipinski definition) is 1. The van der Waals surface area contributed by atoms with Gasteiger partial charge in [0.25, 0.3) is 11.9 Å². The number of carbonyl (C=O) groups excluding carboxylic acids is 1. The van der Waals surface area contributed by atoms with Gasteiger partial charge in [-0.2, -0.15) is 0 Å². The van der Waals surface area contributed by atoms with Crippen LogP contribution >= 0.6 is 0 Å². The molecule has 0 aliphatic heterocycles. The smallest absolute Gasteiger partial charge is 0.292 e. The van der Waals surface area contributed by atoms with Crippen LogP contribution in [0.5, 0.6) is 0 Å². The zero-order valence-electron chi connectivity index (χ0n) is 13.8. The topological polar surface area (TPSA) is 50.7 Å². The van der Waals surface area contributed by atoms with Crippen molar-refractivity contribution in [1.29, 1.82) is 0 Å². The molecule has 0 radical (unpaired) electrons. The van der Waals surface area contributed by atoms with Crippen molar-refractivity contribution in [2.45, 2.75) is 53.7 Å². The van der Waals surface area contributed by atoms with Crippen LogP contribution in [0.15, 0.2) is 29.3 Å². The average molecular weight is 290 g/mol. The number of aliphatic imine (C=N–C) groups is 1. The Kier molecular flexibility index (Phi) is 6.40. The van der Waals surface area contributed by atoms with Crippen molar-refractivity contribution >= 4 is 11.9 Å². The minimum atomic E-state index is -0.203. The number of rotatable bonds is 4. The van der Waals surface area contributed by atoms with Crippen LogP contribution < -0.4 is 5.32 Å². The molecule has 0 unspecified atom stereocenters. The first-order valence-corrected chi connectivity index (χ1v) is 7.42. The fourth-order valence-electron chi connectivity index (χ4n) is 1.52. The van der Waals surface area contributed by atoms with E-state index >= 15 is 0 Å². The third kappa shape index (κ3) is 5.98. The minimum Gasteiger partial charge on any atom is -0.462 e. The van der Waals surface area contributed by atoms with E-state index in [2.05, 4.69) is 24.2 Å². The molecule has 1 aromatic carbocycles. The Labute approximate surface area is 127 Å². The van der Waals surface area contributed by atoms with Gasteiger partial charge in [-0.15, -0.1) is 0 Å². The van der Waals surface area contributed by atoms with E-state index in [-0.39, 0.29) is 24.1 Å². The van der Waals surface area contributed by atoms with Gasteiger partial charge in [0.05, 0.1) is 12.1 Å². The highest BCUT2D eigenvalue weighted by molar-refractivity contribution is 6.04. The number of benzene rings is 1. The number of ether oxygens (including phenoxy) is 1. The molecule has 21 heavy (non-hydrogen) atoms. The van der Waals surface area contributed by atoms with Gasteiger partial charge >= 0.3 is 0 Å². The SMILES string of the molecule is Cc1ccc(C(=O)NC(=N[C@H](C)C(C)C)OC(C)C)cc1. The van der Waals surface area contributed by atoms with Crippen LogP contribution in [0.3, 0.4) is 0 Å². The molecule has 0 aliphatic rings. The molecule has 4 heteroatoms. The summed E-state index contributed by atoms with van der Waals surface area (Å²) >= 11 is 0. The Bertz CT molecular complexity index is 490. The van der Waals surface area contributed by atoms with Crippen LogP contribution in [0.25, 0.3) is 0 Å². The molecule has 0 aliphatic carbocycles. The molecular weight excluding hydrogens is 264 g/mol. The molecule has 0 fully saturated rings. The Balaban J connectivity index is 2.85. The van der Waals surface area contributed by atoms with Gasteiger partial charge in [-0.1, -0.05) is 31.5 Å². The molecule has 1 amide bonds. The molecule has 1 N–H and O–H groups in total. The number of aryl methyl sites for hydroxylation is 1. The molecule has 0 spiro atoms. The van der Waals surface area contributed by atoms with Crippen LogP contribution in [0, 0.1) is 12.8 Å². The molecule has 0 saturated heterocycles. The molecule has 1 aromatic rings. The Morgan fingerprint density at radius 1 is 1.10 bits per heavy atom. The molecule has 4 nitrogen and oxygen atoms in total. The fourth-order valence-corrected chi connectivity index (χ4v) is 1.52. The number of amides is 1. The number of nitrogens with one attached hydrogen (secondary N) is 1. The Morgan fingerprint density at radius 2 is 1.67 bits per heavy atom. The van der Waals surface area contributed by atoms with Crippen molar-refractivity contribution in [3.05, 3.63) is 35.4 Å². The van der Waals surface area contributed by atoms with E-state index in [4.69, 9.17) is 4.74 Å². The van der Waals surface area contributed by atoms with E-state index in [9.17, 15) is 4.79 Å². The van der Waals surface area contributed by atoms with E-state index in [1.165, 1.54) is 0 Å². The second-order valence-corrected chi connectivity index (χ2v) is 5.91. The van der Waals surface area contributed by atoms with Crippen LogP contribution in [0.1, 0.15) is 50.5 Å². The summed E-state index contributed by atoms with van der Waals surface area (Å²) in [6.07, 6.45) is -0.0403. The van der Waals surface area contributed by atoms with Crippen LogP contribution in [0.2, 0.25) is 0 Å². The van der Waals surface area contributed by atoms with Crippen molar-refractivity contribution in [1.82, 2.24) is 5.32 Å². The van der Waals surface area contributed by atoms with Gasteiger partial charge in [0.15, 0.2) is 0 Å². The molecule has 0 saturated carbocycles. The molecule has 0 heterocycles. The first-order chi connectivity index (χ1) is 9.79. The summed E-state index contributed by atoms with van der Waals surface area (Å²) in [5.41, 5.74) is 1.71. The lowest BCUT2D eigenvalue weighted by Gasteiger charge is -2.17. The summed E-state index contributed by atoms with van der Waals surface area (Å²) in [5.74, 6) is 0.178. The monoisotopic (exact) mass is 290 g/mol. The predicted octanol–water partition coefficient (Wildman–Crippen LogP) is 3.55. The van der Waals surface area contributed by atoms with Gasteiger partial charge in [0.2, 0.25) is 0 Å². The van der Waals surface area contributed by atoms with Crippen LogP contribution in [-0.2, 0) is 4.74 Å². The van der Waals surface area contributed by atoms with Gasteiger partial charge < -0.3 is 4.74 Å². The lowest BCUT2D eigenvalue weighted by atomic mass is 10.1. The van der Waals surface area contributed by atoms with Gasteiger partial charge in [-0.05, 0) is 45.7 Å². The Hall–Kier alpha value is -1.84. The maximum Gasteiger partial charge on any atom is 0.292 e. The van der Waals surface area contributed by atoms with Gasteiger partial charge in [-0.25, -0.2) is 4.99 Å². The maximum atomic E-state index is 12.2. The van der Waals surface area contributed by atoms with Crippen LogP contribution in [-0.4, -0.2) is 24.1 Å². The second-order valence-electron chi connectivity index (χ2n) is 5.91. The second kappa shape index (κ2) is 7.81. The third-order valence-electron chi connectivity index (χ3n) is 3.17. The summed E-state index contributed by atoms with van der Waals surface area (Å²) in [5, 5.41) is 2.76. The minimum absolute atomic E-state index is 0.0403. The largest absolute Gasteiger partial charge is 0.462 e. The predicted molar refractivity (Wildman–Crippen MR) is 86.6 cm³/mol. The lowest BCUT2D eigenvalue weighted by Crippen LogP contribution is -2.35. The summed E-state index contributed by atoms with van der Waals surface area (Å²) < 4.78 is 5.61. The van der Waals surface area contributed by atoms with Crippen molar-refractivity contribution in [3.8, 4) is 0 Å². The van der Waals surface area contributed by atoms with Crippen LogP contribution in [0.4, 0.5) is 0 Å². The standard InChI is InChI=1S/C17H26N2O2/c1-11(2)14(6)18-17(21-12(3)4)19-16(20)15-9-7-13(5)8-10-15/h7-12,14H,1-6H3,(H,18,19,20)/t14-/m1/s1. The summed E-state index contributed by atoms with van der Waals surface area (Å²) in [6.45, 7) is 12.0. The molecule has 0 aromatic heterocycles. The van der Waals surface area contributed by atoms with Gasteiger partial charge in [0.1, 0.15) is 0 Å². The van der Waals surface area contributed by atoms with Crippen molar-refractivity contribution in [2.24, 2.45) is 10.9 Å². The normalized spacial score (nSPS) is 13.4. The van der Waals surface area contributed by atoms with E-state index in [1.54, 1.807) is 12.1 Å². The third-order valence-corrected chi connectivity index (χ3v) is 3.17. The average Bonchev–Trinajstić information content (AvgIpc) is 2.38. The lowest BCUT2D eigenvalue weighted by molar-refractivity contribution is 0.0959. The van der Waals surface area contributed by atoms with E-state index in [0.29, 0.717) is 11.5 Å². The van der Waals surface area contributed by atoms with Gasteiger partial charge in [-0.3, -0.25) is 10.1 Å². The van der Waals surface area contributed by atoms with Crippen molar-refractivity contribution in [3.63, 3.8) is 0 Å². The summed E-state index contributed by atoms with van der Waals surface area (Å²) in [4.78, 5) is 16.7. The number of nitrogens with zero attached hydrogens (tertiary/aromatic N) is 1. The first-order valence-electron chi connectivity index (χ1n) is 7.42. The van der Waals surface area contributed by atoms with Gasteiger partial charge in [0, 0.05) is 5.56 Å². The zero-order valence-corrected chi connectivity index (χ0v) is 13.8. The Morgan fingerprint density at radius 3 is 2.14 bits per heavy atom. The maximum absolute atomic E-state index is 12.2. The highest BCUT2D eigenvalue weighted by Gasteiger charge is 2.14.